The summed E-state index contributed by atoms with van der Waals surface area (Å²) in [4.78, 5) is 11.4. The molecule has 0 fully saturated rings. The van der Waals surface area contributed by atoms with Crippen LogP contribution < -0.4 is 11.5 Å². The smallest absolute Gasteiger partial charge is 0.336 e. The zero-order valence-electron chi connectivity index (χ0n) is 9.52. The van der Waals surface area contributed by atoms with E-state index in [4.69, 9.17) is 10.3 Å². The molecule has 0 radical (unpaired) electrons. The lowest BCUT2D eigenvalue weighted by atomic mass is 10.0. The summed E-state index contributed by atoms with van der Waals surface area (Å²) in [5.41, 5.74) is 1.38. The van der Waals surface area contributed by atoms with Crippen LogP contribution in [0.15, 0.2) is 32.5 Å². The summed E-state index contributed by atoms with van der Waals surface area (Å²) in [5, 5.41) is 14.1. The molecule has 0 amide bonds. The summed E-state index contributed by atoms with van der Waals surface area (Å²) in [6.45, 7) is 3.44. The number of phenolic OH excluding ortho intramolecular Hbond substituents is 1. The van der Waals surface area contributed by atoms with Gasteiger partial charge in [0, 0.05) is 11.5 Å². The molecule has 0 spiro atoms. The van der Waals surface area contributed by atoms with Crippen molar-refractivity contribution in [3.8, 4) is 5.75 Å². The SMILES string of the molecule is C/C(=N\N)c1c(O)ccc2c(C)cc(=O)oc12. The number of phenols is 1. The minimum absolute atomic E-state index is 0.0158. The van der Waals surface area contributed by atoms with Crippen LogP contribution in [0.1, 0.15) is 18.1 Å². The van der Waals surface area contributed by atoms with Crippen LogP contribution in [0.25, 0.3) is 11.0 Å². The van der Waals surface area contributed by atoms with Gasteiger partial charge < -0.3 is 15.4 Å². The molecule has 1 heterocycles. The number of hydrazone groups is 1. The number of benzene rings is 1. The number of hydrogen-bond acceptors (Lipinski definition) is 5. The Labute approximate surface area is 97.2 Å². The van der Waals surface area contributed by atoms with Crippen molar-refractivity contribution in [3.63, 3.8) is 0 Å². The molecule has 3 N–H and O–H groups in total. The zero-order valence-corrected chi connectivity index (χ0v) is 9.52. The highest BCUT2D eigenvalue weighted by atomic mass is 16.4. The first kappa shape index (κ1) is 11.2. The lowest BCUT2D eigenvalue weighted by Gasteiger charge is -2.07. The minimum Gasteiger partial charge on any atom is -0.507 e. The predicted molar refractivity (Wildman–Crippen MR) is 65.3 cm³/mol. The first-order valence-corrected chi connectivity index (χ1v) is 5.06. The molecule has 0 saturated heterocycles. The molecule has 0 atom stereocenters. The standard InChI is InChI=1S/C12H12N2O3/c1-6-5-10(16)17-12-8(6)3-4-9(15)11(12)7(2)14-13/h3-5,15H,13H2,1-2H3/b14-7+. The molecule has 0 unspecified atom stereocenters. The maximum Gasteiger partial charge on any atom is 0.336 e. The maximum atomic E-state index is 11.4. The van der Waals surface area contributed by atoms with E-state index >= 15 is 0 Å². The van der Waals surface area contributed by atoms with Gasteiger partial charge in [0.15, 0.2) is 5.58 Å². The van der Waals surface area contributed by atoms with E-state index in [1.807, 2.05) is 0 Å². The molecule has 0 bridgehead atoms. The van der Waals surface area contributed by atoms with E-state index in [-0.39, 0.29) is 5.75 Å². The van der Waals surface area contributed by atoms with Gasteiger partial charge in [-0.3, -0.25) is 0 Å². The third-order valence-corrected chi connectivity index (χ3v) is 2.65. The molecular weight excluding hydrogens is 220 g/mol. The second-order valence-corrected chi connectivity index (χ2v) is 3.80. The van der Waals surface area contributed by atoms with Crippen LogP contribution in [-0.2, 0) is 0 Å². The fourth-order valence-corrected chi connectivity index (χ4v) is 1.79. The molecule has 5 nitrogen and oxygen atoms in total. The third kappa shape index (κ3) is 1.75. The largest absolute Gasteiger partial charge is 0.507 e. The highest BCUT2D eigenvalue weighted by molar-refractivity contribution is 6.10. The van der Waals surface area contributed by atoms with Gasteiger partial charge >= 0.3 is 5.63 Å². The number of aryl methyl sites for hydroxylation is 1. The van der Waals surface area contributed by atoms with Gasteiger partial charge in [-0.05, 0) is 31.5 Å². The first-order valence-electron chi connectivity index (χ1n) is 5.06. The van der Waals surface area contributed by atoms with Crippen LogP contribution in [0.2, 0.25) is 0 Å². The van der Waals surface area contributed by atoms with Crippen LogP contribution in [0.4, 0.5) is 0 Å². The number of fused-ring (bicyclic) bond motifs is 1. The summed E-state index contributed by atoms with van der Waals surface area (Å²) in [6, 6.07) is 4.62. The average Bonchev–Trinajstić information content (AvgIpc) is 2.27. The van der Waals surface area contributed by atoms with Gasteiger partial charge in [0.2, 0.25) is 0 Å². The van der Waals surface area contributed by atoms with E-state index in [9.17, 15) is 9.90 Å². The zero-order chi connectivity index (χ0) is 12.6. The van der Waals surface area contributed by atoms with E-state index in [0.717, 1.165) is 10.9 Å². The topological polar surface area (TPSA) is 88.8 Å². The second-order valence-electron chi connectivity index (χ2n) is 3.80. The van der Waals surface area contributed by atoms with E-state index in [1.54, 1.807) is 19.9 Å². The van der Waals surface area contributed by atoms with Crippen molar-refractivity contribution in [1.29, 1.82) is 0 Å². The summed E-state index contributed by atoms with van der Waals surface area (Å²) in [6.07, 6.45) is 0. The molecule has 0 aliphatic heterocycles. The van der Waals surface area contributed by atoms with E-state index in [2.05, 4.69) is 5.10 Å². The number of nitrogens with zero attached hydrogens (tertiary/aromatic N) is 1. The van der Waals surface area contributed by atoms with Crippen molar-refractivity contribution in [2.75, 3.05) is 0 Å². The van der Waals surface area contributed by atoms with Crippen molar-refractivity contribution in [2.24, 2.45) is 10.9 Å². The highest BCUT2D eigenvalue weighted by Gasteiger charge is 2.14. The van der Waals surface area contributed by atoms with Gasteiger partial charge in [0.1, 0.15) is 5.75 Å². The first-order chi connectivity index (χ1) is 8.04. The number of nitrogens with two attached hydrogens (primary N) is 1. The Kier molecular flexibility index (Phi) is 2.59. The van der Waals surface area contributed by atoms with E-state index < -0.39 is 5.63 Å². The Morgan fingerprint density at radius 2 is 2.18 bits per heavy atom. The molecule has 0 aliphatic rings. The molecule has 88 valence electrons. The Balaban J connectivity index is 3.00. The van der Waals surface area contributed by atoms with Crippen LogP contribution in [0.3, 0.4) is 0 Å². The second kappa shape index (κ2) is 3.93. The minimum atomic E-state index is -0.466. The van der Waals surface area contributed by atoms with Gasteiger partial charge in [-0.25, -0.2) is 4.79 Å². The monoisotopic (exact) mass is 232 g/mol. The number of rotatable bonds is 1. The number of hydrogen-bond donors (Lipinski definition) is 2. The van der Waals surface area contributed by atoms with Crippen molar-refractivity contribution in [3.05, 3.63) is 39.7 Å². The van der Waals surface area contributed by atoms with Crippen molar-refractivity contribution < 1.29 is 9.52 Å². The Morgan fingerprint density at radius 1 is 1.47 bits per heavy atom. The predicted octanol–water partition coefficient (Wildman–Crippen LogP) is 1.49. The van der Waals surface area contributed by atoms with Gasteiger partial charge in [0.25, 0.3) is 0 Å². The summed E-state index contributed by atoms with van der Waals surface area (Å²) in [5.74, 6) is 5.18. The molecular formula is C12H12N2O3. The van der Waals surface area contributed by atoms with Crippen molar-refractivity contribution >= 4 is 16.7 Å². The van der Waals surface area contributed by atoms with Crippen molar-refractivity contribution in [1.82, 2.24) is 0 Å². The average molecular weight is 232 g/mol. The Hall–Kier alpha value is -2.30. The third-order valence-electron chi connectivity index (χ3n) is 2.65. The summed E-state index contributed by atoms with van der Waals surface area (Å²) >= 11 is 0. The molecule has 0 aliphatic carbocycles. The van der Waals surface area contributed by atoms with E-state index in [0.29, 0.717) is 16.9 Å². The highest BCUT2D eigenvalue weighted by Crippen LogP contribution is 2.28. The molecule has 2 aromatic rings. The fourth-order valence-electron chi connectivity index (χ4n) is 1.79. The summed E-state index contributed by atoms with van der Waals surface area (Å²) < 4.78 is 5.13. The number of aromatic hydroxyl groups is 1. The van der Waals surface area contributed by atoms with E-state index in [1.165, 1.54) is 12.1 Å². The molecule has 1 aromatic heterocycles. The van der Waals surface area contributed by atoms with Crippen LogP contribution in [0.5, 0.6) is 5.75 Å². The summed E-state index contributed by atoms with van der Waals surface area (Å²) in [7, 11) is 0. The lowest BCUT2D eigenvalue weighted by Crippen LogP contribution is -2.04. The Bertz CT molecular complexity index is 671. The molecule has 0 saturated carbocycles. The molecule has 17 heavy (non-hydrogen) atoms. The van der Waals surface area contributed by atoms with Crippen molar-refractivity contribution in [2.45, 2.75) is 13.8 Å². The lowest BCUT2D eigenvalue weighted by molar-refractivity contribution is 0.471. The maximum absolute atomic E-state index is 11.4. The van der Waals surface area contributed by atoms with Crippen LogP contribution in [0, 0.1) is 6.92 Å². The van der Waals surface area contributed by atoms with Crippen LogP contribution >= 0.6 is 0 Å². The van der Waals surface area contributed by atoms with Gasteiger partial charge in [-0.15, -0.1) is 0 Å². The van der Waals surface area contributed by atoms with Gasteiger partial charge in [0.05, 0.1) is 11.3 Å². The van der Waals surface area contributed by atoms with Gasteiger partial charge in [-0.1, -0.05) is 0 Å². The molecule has 5 heteroatoms. The molecule has 2 rings (SSSR count). The fraction of sp³-hybridized carbons (Fsp3) is 0.167. The van der Waals surface area contributed by atoms with Gasteiger partial charge in [-0.2, -0.15) is 5.10 Å². The molecule has 1 aromatic carbocycles. The quantitative estimate of drug-likeness (QED) is 0.337. The Morgan fingerprint density at radius 3 is 2.82 bits per heavy atom. The normalized spacial score (nSPS) is 12.0. The van der Waals surface area contributed by atoms with Crippen LogP contribution in [-0.4, -0.2) is 10.8 Å².